The van der Waals surface area contributed by atoms with Crippen molar-refractivity contribution < 1.29 is 22.0 Å². The van der Waals surface area contributed by atoms with Crippen LogP contribution in [-0.2, 0) is 15.3 Å². The second-order valence-electron chi connectivity index (χ2n) is 5.23. The highest BCUT2D eigenvalue weighted by molar-refractivity contribution is 6.69. The maximum Gasteiger partial charge on any atom is 0.389 e. The fourth-order valence-corrected chi connectivity index (χ4v) is 5.91. The van der Waals surface area contributed by atoms with Crippen molar-refractivity contribution in [3.8, 4) is 0 Å². The molecule has 0 bridgehead atoms. The van der Waals surface area contributed by atoms with E-state index in [-0.39, 0.29) is 11.7 Å². The van der Waals surface area contributed by atoms with Gasteiger partial charge in [-0.3, -0.25) is 0 Å². The lowest BCUT2D eigenvalue weighted by atomic mass is 10.0. The first-order chi connectivity index (χ1) is 9.90. The van der Waals surface area contributed by atoms with Crippen LogP contribution in [0, 0.1) is 0 Å². The van der Waals surface area contributed by atoms with Crippen molar-refractivity contribution in [3.63, 3.8) is 0 Å². The predicted octanol–water partition coefficient (Wildman–Crippen LogP) is 3.64. The zero-order chi connectivity index (χ0) is 15.5. The number of nitrogens with one attached hydrogen (secondary N) is 1. The number of hydrogen-bond donors (Lipinski definition) is 1. The third-order valence-electron chi connectivity index (χ3n) is 4.03. The van der Waals surface area contributed by atoms with Gasteiger partial charge in [0.1, 0.15) is 0 Å². The Kier molecular flexibility index (Phi) is 4.95. The number of alkyl halides is 3. The zero-order valence-corrected chi connectivity index (χ0v) is 13.2. The van der Waals surface area contributed by atoms with Crippen LogP contribution in [0.15, 0.2) is 24.3 Å². The Morgan fingerprint density at radius 2 is 1.90 bits per heavy atom. The number of aryl methyl sites for hydroxylation is 1. The average Bonchev–Trinajstić information content (AvgIpc) is 2.47. The highest BCUT2D eigenvalue weighted by Gasteiger charge is 2.48. The van der Waals surface area contributed by atoms with Crippen LogP contribution in [0.5, 0.6) is 0 Å². The lowest BCUT2D eigenvalue weighted by molar-refractivity contribution is -0.131. The van der Waals surface area contributed by atoms with Crippen LogP contribution < -0.4 is 5.32 Å². The van der Waals surface area contributed by atoms with E-state index in [1.54, 1.807) is 0 Å². The third kappa shape index (κ3) is 3.78. The van der Waals surface area contributed by atoms with Crippen molar-refractivity contribution >= 4 is 14.2 Å². The van der Waals surface area contributed by atoms with Crippen LogP contribution in [-0.4, -0.2) is 34.6 Å². The van der Waals surface area contributed by atoms with E-state index in [2.05, 4.69) is 5.32 Å². The molecule has 0 saturated heterocycles. The van der Waals surface area contributed by atoms with Crippen molar-refractivity contribution in [2.24, 2.45) is 0 Å². The van der Waals surface area contributed by atoms with Crippen LogP contribution in [0.25, 0.3) is 0 Å². The number of rotatable bonds is 5. The van der Waals surface area contributed by atoms with Crippen LogP contribution in [0.2, 0.25) is 6.04 Å². The van der Waals surface area contributed by atoms with Crippen molar-refractivity contribution in [3.05, 3.63) is 29.8 Å². The van der Waals surface area contributed by atoms with Gasteiger partial charge in [0.2, 0.25) is 0 Å². The van der Waals surface area contributed by atoms with Gasteiger partial charge in [-0.15, -0.1) is 0 Å². The van der Waals surface area contributed by atoms with Crippen molar-refractivity contribution in [1.29, 1.82) is 0 Å². The summed E-state index contributed by atoms with van der Waals surface area (Å²) in [4.78, 5) is 0. The molecule has 1 aliphatic rings. The molecule has 0 fully saturated rings. The van der Waals surface area contributed by atoms with Gasteiger partial charge in [-0.2, -0.15) is 13.2 Å². The number of hydrogen-bond acceptors (Lipinski definition) is 3. The normalized spacial score (nSPS) is 19.0. The van der Waals surface area contributed by atoms with Gasteiger partial charge in [-0.1, -0.05) is 18.2 Å². The number of anilines is 1. The summed E-state index contributed by atoms with van der Waals surface area (Å²) in [5.74, 6) is 0. The minimum Gasteiger partial charge on any atom is -0.396 e. The Bertz CT molecular complexity index is 478. The molecule has 1 N–H and O–H groups in total. The van der Waals surface area contributed by atoms with Gasteiger partial charge >= 0.3 is 14.7 Å². The Hall–Kier alpha value is -1.05. The van der Waals surface area contributed by atoms with Crippen LogP contribution in [0.3, 0.4) is 0 Å². The summed E-state index contributed by atoms with van der Waals surface area (Å²) < 4.78 is 48.6. The molecular weight excluding hydrogens is 299 g/mol. The molecule has 118 valence electrons. The van der Waals surface area contributed by atoms with Crippen LogP contribution in [0.1, 0.15) is 18.4 Å². The smallest absolute Gasteiger partial charge is 0.389 e. The van der Waals surface area contributed by atoms with E-state index < -0.39 is 21.2 Å². The topological polar surface area (TPSA) is 30.5 Å². The fraction of sp³-hybridized carbons (Fsp3) is 0.571. The molecule has 0 radical (unpaired) electrons. The quantitative estimate of drug-likeness (QED) is 0.841. The van der Waals surface area contributed by atoms with E-state index >= 15 is 0 Å². The summed E-state index contributed by atoms with van der Waals surface area (Å²) in [6.07, 6.45) is -3.52. The van der Waals surface area contributed by atoms with Gasteiger partial charge in [0.15, 0.2) is 0 Å². The van der Waals surface area contributed by atoms with Crippen LogP contribution in [0.4, 0.5) is 18.9 Å². The lowest BCUT2D eigenvalue weighted by Crippen LogP contribution is -2.57. The van der Waals surface area contributed by atoms with Crippen molar-refractivity contribution in [2.45, 2.75) is 37.1 Å². The number of fused-ring (bicyclic) bond motifs is 1. The van der Waals surface area contributed by atoms with Crippen molar-refractivity contribution in [2.75, 3.05) is 19.5 Å². The lowest BCUT2D eigenvalue weighted by Gasteiger charge is -2.39. The second kappa shape index (κ2) is 6.37. The van der Waals surface area contributed by atoms with Gasteiger partial charge in [0, 0.05) is 32.4 Å². The molecule has 0 amide bonds. The van der Waals surface area contributed by atoms with Crippen LogP contribution >= 0.6 is 0 Å². The molecule has 0 saturated carbocycles. The molecule has 1 unspecified atom stereocenters. The number of para-hydroxylation sites is 1. The third-order valence-corrected chi connectivity index (χ3v) is 7.85. The highest BCUT2D eigenvalue weighted by Crippen LogP contribution is 2.34. The maximum atomic E-state index is 12.6. The minimum atomic E-state index is -4.19. The summed E-state index contributed by atoms with van der Waals surface area (Å²) in [7, 11) is -0.0467. The van der Waals surface area contributed by atoms with Gasteiger partial charge in [0.25, 0.3) is 0 Å². The van der Waals surface area contributed by atoms with Gasteiger partial charge in [0.05, 0.1) is 5.67 Å². The SMILES string of the molecule is CO[Si](CCC(F)(F)F)(OC)C1CCc2ccccc2N1. The molecule has 0 spiro atoms. The molecule has 0 aliphatic carbocycles. The van der Waals surface area contributed by atoms with Gasteiger partial charge in [-0.05, 0) is 24.5 Å². The maximum absolute atomic E-state index is 12.6. The summed E-state index contributed by atoms with van der Waals surface area (Å²) in [6, 6.07) is 7.74. The molecule has 21 heavy (non-hydrogen) atoms. The standard InChI is InChI=1S/C14H20F3NO2Si/c1-19-21(20-2,10-9-14(15,16)17)13-8-7-11-5-3-4-6-12(11)18-13/h3-6,13,18H,7-10H2,1-2H3. The molecule has 1 atom stereocenters. The van der Waals surface area contributed by atoms with E-state index in [1.807, 2.05) is 24.3 Å². The number of benzene rings is 1. The Morgan fingerprint density at radius 3 is 2.52 bits per heavy atom. The Labute approximate surface area is 123 Å². The monoisotopic (exact) mass is 319 g/mol. The fourth-order valence-electron chi connectivity index (χ4n) is 2.83. The summed E-state index contributed by atoms with van der Waals surface area (Å²) in [5.41, 5.74) is 1.97. The Balaban J connectivity index is 2.15. The average molecular weight is 319 g/mol. The van der Waals surface area contributed by atoms with E-state index in [1.165, 1.54) is 19.8 Å². The molecule has 3 nitrogen and oxygen atoms in total. The first-order valence-electron chi connectivity index (χ1n) is 6.92. The van der Waals surface area contributed by atoms with Gasteiger partial charge < -0.3 is 14.2 Å². The molecule has 2 rings (SSSR count). The Morgan fingerprint density at radius 1 is 1.24 bits per heavy atom. The molecular formula is C14H20F3NO2Si. The first kappa shape index (κ1) is 16.3. The molecule has 0 aromatic heterocycles. The largest absolute Gasteiger partial charge is 0.396 e. The molecule has 1 heterocycles. The summed E-state index contributed by atoms with van der Waals surface area (Å²) >= 11 is 0. The summed E-state index contributed by atoms with van der Waals surface area (Å²) in [6.45, 7) is 0. The van der Waals surface area contributed by atoms with Gasteiger partial charge in [-0.25, -0.2) is 0 Å². The van der Waals surface area contributed by atoms with E-state index in [0.29, 0.717) is 0 Å². The van der Waals surface area contributed by atoms with E-state index in [0.717, 1.165) is 18.5 Å². The molecule has 1 aromatic carbocycles. The summed E-state index contributed by atoms with van der Waals surface area (Å²) in [5, 5.41) is 3.32. The molecule has 1 aromatic rings. The minimum absolute atomic E-state index is 0.0939. The predicted molar refractivity (Wildman–Crippen MR) is 77.4 cm³/mol. The zero-order valence-electron chi connectivity index (χ0n) is 12.2. The molecule has 7 heteroatoms. The van der Waals surface area contributed by atoms with E-state index in [4.69, 9.17) is 8.85 Å². The van der Waals surface area contributed by atoms with E-state index in [9.17, 15) is 13.2 Å². The van der Waals surface area contributed by atoms with Crippen molar-refractivity contribution in [1.82, 2.24) is 0 Å². The number of halogens is 3. The first-order valence-corrected chi connectivity index (χ1v) is 9.02. The molecule has 1 aliphatic heterocycles. The highest BCUT2D eigenvalue weighted by atomic mass is 28.4. The second-order valence-corrected chi connectivity index (χ2v) is 8.87.